The third-order valence-corrected chi connectivity index (χ3v) is 5.06. The van der Waals surface area contributed by atoms with Gasteiger partial charge in [0.05, 0.1) is 12.2 Å². The van der Waals surface area contributed by atoms with Crippen LogP contribution in [0.15, 0.2) is 36.4 Å². The molecule has 1 aromatic carbocycles. The summed E-state index contributed by atoms with van der Waals surface area (Å²) in [6.45, 7) is 9.44. The molecule has 3 atom stereocenters. The first-order valence-corrected chi connectivity index (χ1v) is 9.55. The molecule has 1 aromatic rings. The highest BCUT2D eigenvalue weighted by molar-refractivity contribution is 5.29. The first kappa shape index (κ1) is 18.4. The zero-order valence-corrected chi connectivity index (χ0v) is 15.3. The fourth-order valence-electron chi connectivity index (χ4n) is 3.79. The zero-order valence-electron chi connectivity index (χ0n) is 15.3. The van der Waals surface area contributed by atoms with Crippen molar-refractivity contribution in [2.45, 2.75) is 57.3 Å². The van der Waals surface area contributed by atoms with Gasteiger partial charge in [0, 0.05) is 6.54 Å². The van der Waals surface area contributed by atoms with Crippen LogP contribution in [0.4, 0.5) is 0 Å². The van der Waals surface area contributed by atoms with Crippen molar-refractivity contribution in [1.29, 1.82) is 0 Å². The van der Waals surface area contributed by atoms with Crippen LogP contribution in [0.1, 0.15) is 50.7 Å². The van der Waals surface area contributed by atoms with Crippen LogP contribution in [0, 0.1) is 0 Å². The number of β-amino-alcohol motifs (C(OH)–C–C–N with tert-alkyl or cyclic N) is 1. The number of nitrogens with zero attached hydrogens (tertiary/aromatic N) is 1. The average Bonchev–Trinajstić information content (AvgIpc) is 2.60. The quantitative estimate of drug-likeness (QED) is 0.798. The maximum atomic E-state index is 10.2. The molecule has 0 radical (unpaired) electrons. The van der Waals surface area contributed by atoms with Crippen LogP contribution in [0.2, 0.25) is 0 Å². The van der Waals surface area contributed by atoms with Gasteiger partial charge in [0.15, 0.2) is 0 Å². The molecule has 3 unspecified atom stereocenters. The van der Waals surface area contributed by atoms with E-state index in [2.05, 4.69) is 30.5 Å². The molecule has 138 valence electrons. The van der Waals surface area contributed by atoms with Crippen molar-refractivity contribution in [2.75, 3.05) is 26.2 Å². The Morgan fingerprint density at radius 2 is 1.92 bits per heavy atom. The number of ether oxygens (including phenoxy) is 2. The molecular weight excluding hydrogens is 314 g/mol. The minimum absolute atomic E-state index is 0.0926. The highest BCUT2D eigenvalue weighted by Gasteiger charge is 2.23. The fraction of sp³-hybridized carbons (Fsp3) is 0.619. The Morgan fingerprint density at radius 3 is 2.60 bits per heavy atom. The van der Waals surface area contributed by atoms with Gasteiger partial charge in [-0.2, -0.15) is 0 Å². The summed E-state index contributed by atoms with van der Waals surface area (Å²) >= 11 is 0. The predicted octanol–water partition coefficient (Wildman–Crippen LogP) is 3.71. The second kappa shape index (κ2) is 8.84. The summed E-state index contributed by atoms with van der Waals surface area (Å²) < 4.78 is 11.8. The molecule has 0 spiro atoms. The van der Waals surface area contributed by atoms with E-state index in [1.165, 1.54) is 24.8 Å². The third-order valence-electron chi connectivity index (χ3n) is 5.06. The van der Waals surface area contributed by atoms with E-state index >= 15 is 0 Å². The Balaban J connectivity index is 1.46. The second-order valence-corrected chi connectivity index (χ2v) is 7.49. The summed E-state index contributed by atoms with van der Waals surface area (Å²) in [5.41, 5.74) is 2.42. The maximum absolute atomic E-state index is 10.2. The first-order valence-electron chi connectivity index (χ1n) is 9.55. The van der Waals surface area contributed by atoms with Crippen LogP contribution >= 0.6 is 0 Å². The lowest BCUT2D eigenvalue weighted by Gasteiger charge is -2.30. The van der Waals surface area contributed by atoms with Gasteiger partial charge in [-0.3, -0.25) is 0 Å². The summed E-state index contributed by atoms with van der Waals surface area (Å²) in [6.07, 6.45) is 5.51. The monoisotopic (exact) mass is 345 g/mol. The first-order chi connectivity index (χ1) is 12.1. The number of hydrogen-bond acceptors (Lipinski definition) is 4. The van der Waals surface area contributed by atoms with Crippen molar-refractivity contribution in [3.05, 3.63) is 42.0 Å². The average molecular weight is 345 g/mol. The minimum atomic E-state index is -0.441. The van der Waals surface area contributed by atoms with Gasteiger partial charge >= 0.3 is 0 Å². The van der Waals surface area contributed by atoms with E-state index in [9.17, 15) is 5.11 Å². The number of piperidine rings is 1. The van der Waals surface area contributed by atoms with Crippen LogP contribution in [0.25, 0.3) is 0 Å². The Labute approximate surface area is 151 Å². The zero-order chi connectivity index (χ0) is 17.6. The van der Waals surface area contributed by atoms with E-state index in [-0.39, 0.29) is 12.2 Å². The molecular formula is C21H31NO3. The Bertz CT molecular complexity index is 551. The van der Waals surface area contributed by atoms with Crippen molar-refractivity contribution in [3.8, 4) is 5.75 Å². The molecule has 0 bridgehead atoms. The van der Waals surface area contributed by atoms with E-state index in [1.807, 2.05) is 12.1 Å². The summed E-state index contributed by atoms with van der Waals surface area (Å²) in [5, 5.41) is 10.2. The lowest BCUT2D eigenvalue weighted by Crippen LogP contribution is -2.38. The molecule has 2 fully saturated rings. The van der Waals surface area contributed by atoms with Crippen LogP contribution in [-0.2, 0) is 4.74 Å². The Morgan fingerprint density at radius 1 is 1.20 bits per heavy atom. The Hall–Kier alpha value is -1.36. The molecule has 4 nitrogen and oxygen atoms in total. The molecule has 2 aliphatic heterocycles. The molecule has 0 aromatic heterocycles. The third kappa shape index (κ3) is 5.56. The molecule has 25 heavy (non-hydrogen) atoms. The van der Waals surface area contributed by atoms with E-state index < -0.39 is 6.10 Å². The van der Waals surface area contributed by atoms with Crippen LogP contribution in [0.5, 0.6) is 5.75 Å². The molecule has 0 saturated carbocycles. The highest BCUT2D eigenvalue weighted by atomic mass is 16.5. The van der Waals surface area contributed by atoms with Gasteiger partial charge in [-0.1, -0.05) is 30.7 Å². The van der Waals surface area contributed by atoms with Crippen molar-refractivity contribution in [3.63, 3.8) is 0 Å². The molecule has 2 heterocycles. The predicted molar refractivity (Wildman–Crippen MR) is 99.9 cm³/mol. The normalized spacial score (nSPS) is 26.4. The van der Waals surface area contributed by atoms with Crippen LogP contribution in [0.3, 0.4) is 0 Å². The van der Waals surface area contributed by atoms with Gasteiger partial charge in [-0.15, -0.1) is 0 Å². The van der Waals surface area contributed by atoms with Gasteiger partial charge in [0.2, 0.25) is 0 Å². The topological polar surface area (TPSA) is 41.9 Å². The van der Waals surface area contributed by atoms with Gasteiger partial charge in [0.25, 0.3) is 0 Å². The standard InChI is InChI=1S/C21H31NO3/c1-16-12-17(2)25-21(13-16)18-6-8-20(9-7-18)24-15-19(23)14-22-10-4-3-5-11-22/h6-9,17,19,21,23H,1,3-5,10-15H2,2H3. The largest absolute Gasteiger partial charge is 0.491 e. The lowest BCUT2D eigenvalue weighted by atomic mass is 9.95. The molecule has 1 N–H and O–H groups in total. The fourth-order valence-corrected chi connectivity index (χ4v) is 3.79. The number of benzene rings is 1. The highest BCUT2D eigenvalue weighted by Crippen LogP contribution is 2.34. The van der Waals surface area contributed by atoms with Crippen molar-refractivity contribution in [1.82, 2.24) is 4.90 Å². The number of aliphatic hydroxyl groups excluding tert-OH is 1. The summed E-state index contributed by atoms with van der Waals surface area (Å²) in [7, 11) is 0. The second-order valence-electron chi connectivity index (χ2n) is 7.49. The van der Waals surface area contributed by atoms with E-state index in [4.69, 9.17) is 9.47 Å². The van der Waals surface area contributed by atoms with Gasteiger partial charge in [0.1, 0.15) is 18.5 Å². The van der Waals surface area contributed by atoms with Crippen molar-refractivity contribution in [2.24, 2.45) is 0 Å². The SMILES string of the molecule is C=C1CC(C)OC(c2ccc(OCC(O)CN3CCCCC3)cc2)C1. The van der Waals surface area contributed by atoms with Crippen molar-refractivity contribution < 1.29 is 14.6 Å². The van der Waals surface area contributed by atoms with Crippen LogP contribution in [-0.4, -0.2) is 48.5 Å². The molecule has 2 saturated heterocycles. The van der Waals surface area contributed by atoms with Crippen molar-refractivity contribution >= 4 is 0 Å². The molecule has 3 rings (SSSR count). The molecule has 2 aliphatic rings. The van der Waals surface area contributed by atoms with Gasteiger partial charge in [-0.25, -0.2) is 0 Å². The maximum Gasteiger partial charge on any atom is 0.119 e. The number of rotatable bonds is 6. The molecule has 0 amide bonds. The summed E-state index contributed by atoms with van der Waals surface area (Å²) in [5.74, 6) is 0.795. The Kier molecular flexibility index (Phi) is 6.51. The van der Waals surface area contributed by atoms with E-state index in [0.29, 0.717) is 13.2 Å². The van der Waals surface area contributed by atoms with E-state index in [0.717, 1.165) is 37.2 Å². The lowest BCUT2D eigenvalue weighted by molar-refractivity contribution is -0.0224. The van der Waals surface area contributed by atoms with E-state index in [1.54, 1.807) is 0 Å². The summed E-state index contributed by atoms with van der Waals surface area (Å²) in [4.78, 5) is 2.33. The number of likely N-dealkylation sites (tertiary alicyclic amines) is 1. The van der Waals surface area contributed by atoms with Gasteiger partial charge < -0.3 is 19.5 Å². The van der Waals surface area contributed by atoms with Gasteiger partial charge in [-0.05, 0) is 63.4 Å². The number of hydrogen-bond donors (Lipinski definition) is 1. The smallest absolute Gasteiger partial charge is 0.119 e. The summed E-state index contributed by atoms with van der Waals surface area (Å²) in [6, 6.07) is 8.05. The molecule has 0 aliphatic carbocycles. The number of aliphatic hydroxyl groups is 1. The minimum Gasteiger partial charge on any atom is -0.491 e. The van der Waals surface area contributed by atoms with Crippen LogP contribution < -0.4 is 4.74 Å². The molecule has 4 heteroatoms.